The Balaban J connectivity index is 2.79. The maximum Gasteiger partial charge on any atom is 0.349 e. The minimum Gasteiger partial charge on any atom is -0.456 e. The van der Waals surface area contributed by atoms with Gasteiger partial charge in [-0.3, -0.25) is 0 Å². The van der Waals surface area contributed by atoms with Crippen molar-refractivity contribution in [1.29, 1.82) is 0 Å². The molecule has 0 aromatic heterocycles. The molecule has 0 saturated carbocycles. The molecular formula is C4H2O3. The zero-order valence-electron chi connectivity index (χ0n) is 3.43. The van der Waals surface area contributed by atoms with Crippen molar-refractivity contribution in [3.8, 4) is 0 Å². The average Bonchev–Trinajstić information content (AvgIpc) is 1.65. The second-order valence-electron chi connectivity index (χ2n) is 1.16. The maximum absolute atomic E-state index is 9.94. The van der Waals surface area contributed by atoms with Crippen molar-refractivity contribution in [3.05, 3.63) is 5.57 Å². The lowest BCUT2D eigenvalue weighted by Gasteiger charge is -2.10. The van der Waals surface area contributed by atoms with Gasteiger partial charge >= 0.3 is 5.97 Å². The van der Waals surface area contributed by atoms with E-state index in [1.54, 1.807) is 0 Å². The molecule has 3 heteroatoms. The first-order valence-electron chi connectivity index (χ1n) is 1.75. The molecule has 7 heavy (non-hydrogen) atoms. The molecule has 0 atom stereocenters. The molecule has 0 bridgehead atoms. The van der Waals surface area contributed by atoms with Gasteiger partial charge in [-0.25, -0.2) is 9.59 Å². The summed E-state index contributed by atoms with van der Waals surface area (Å²) in [4.78, 5) is 19.5. The van der Waals surface area contributed by atoms with Gasteiger partial charge in [0.2, 0.25) is 0 Å². The van der Waals surface area contributed by atoms with Gasteiger partial charge in [0.25, 0.3) is 0 Å². The van der Waals surface area contributed by atoms with Crippen LogP contribution in [0, 0.1) is 0 Å². The molecule has 0 aliphatic carbocycles. The highest BCUT2D eigenvalue weighted by atomic mass is 16.6. The fourth-order valence-corrected chi connectivity index (χ4v) is 0.274. The highest BCUT2D eigenvalue weighted by Crippen LogP contribution is 2.04. The van der Waals surface area contributed by atoms with Crippen LogP contribution in [0.1, 0.15) is 0 Å². The Labute approximate surface area is 39.6 Å². The predicted octanol–water partition coefficient (Wildman–Crippen LogP) is -0.699. The summed E-state index contributed by atoms with van der Waals surface area (Å²) in [5.74, 6) is 0.911. The Bertz CT molecular complexity index is 152. The van der Waals surface area contributed by atoms with Crippen LogP contribution >= 0.6 is 0 Å². The Hall–Kier alpha value is -1.08. The fourth-order valence-electron chi connectivity index (χ4n) is 0.274. The summed E-state index contributed by atoms with van der Waals surface area (Å²) in [5.41, 5.74) is 0.111. The fraction of sp³-hybridized carbons (Fsp3) is 0.250. The van der Waals surface area contributed by atoms with Crippen LogP contribution < -0.4 is 0 Å². The third-order valence-electron chi connectivity index (χ3n) is 0.717. The molecule has 1 aliphatic rings. The number of esters is 1. The van der Waals surface area contributed by atoms with E-state index >= 15 is 0 Å². The summed E-state index contributed by atoms with van der Waals surface area (Å²) in [6, 6.07) is 0. The van der Waals surface area contributed by atoms with Gasteiger partial charge < -0.3 is 4.74 Å². The van der Waals surface area contributed by atoms with Gasteiger partial charge in [0, 0.05) is 0 Å². The minimum atomic E-state index is -0.532. The molecule has 1 fully saturated rings. The van der Waals surface area contributed by atoms with Crippen molar-refractivity contribution < 1.29 is 14.3 Å². The van der Waals surface area contributed by atoms with E-state index in [2.05, 4.69) is 4.74 Å². The molecule has 3 nitrogen and oxygen atoms in total. The molecule has 0 unspecified atom stereocenters. The standard InChI is InChI=1S/C4H2O3/c5-1-3-2-7-4(3)6/h2H2. The highest BCUT2D eigenvalue weighted by Gasteiger charge is 2.23. The normalized spacial score (nSPS) is 17.1. The molecule has 0 aromatic rings. The van der Waals surface area contributed by atoms with E-state index in [9.17, 15) is 9.59 Å². The third kappa shape index (κ3) is 0.426. The van der Waals surface area contributed by atoms with Crippen molar-refractivity contribution >= 4 is 11.9 Å². The molecule has 1 saturated heterocycles. The lowest BCUT2D eigenvalue weighted by molar-refractivity contribution is -0.147. The van der Waals surface area contributed by atoms with Crippen LogP contribution in [-0.2, 0) is 14.3 Å². The Morgan fingerprint density at radius 2 is 2.43 bits per heavy atom. The van der Waals surface area contributed by atoms with E-state index in [1.807, 2.05) is 0 Å². The predicted molar refractivity (Wildman–Crippen MR) is 20.2 cm³/mol. The molecule has 1 aliphatic heterocycles. The van der Waals surface area contributed by atoms with Crippen molar-refractivity contribution in [2.75, 3.05) is 6.61 Å². The second-order valence-corrected chi connectivity index (χ2v) is 1.16. The van der Waals surface area contributed by atoms with Crippen molar-refractivity contribution in [1.82, 2.24) is 0 Å². The lowest BCUT2D eigenvalue weighted by atomic mass is 10.3. The first kappa shape index (κ1) is 4.09. The van der Waals surface area contributed by atoms with E-state index in [0.29, 0.717) is 0 Å². The Kier molecular flexibility index (Phi) is 0.704. The first-order valence-corrected chi connectivity index (χ1v) is 1.75. The molecular weight excluding hydrogens is 96.0 g/mol. The van der Waals surface area contributed by atoms with E-state index in [0.717, 1.165) is 0 Å². The zero-order chi connectivity index (χ0) is 5.28. The molecule has 0 aromatic carbocycles. The topological polar surface area (TPSA) is 43.4 Å². The number of cyclic esters (lactones) is 1. The smallest absolute Gasteiger partial charge is 0.349 e. The summed E-state index contributed by atoms with van der Waals surface area (Å²) >= 11 is 0. The quantitative estimate of drug-likeness (QED) is 0.228. The zero-order valence-corrected chi connectivity index (χ0v) is 3.43. The van der Waals surface area contributed by atoms with Gasteiger partial charge in [0.15, 0.2) is 5.57 Å². The SMILES string of the molecule is O=C=C1COC1=O. The van der Waals surface area contributed by atoms with E-state index in [1.165, 1.54) is 5.94 Å². The molecule has 1 rings (SSSR count). The van der Waals surface area contributed by atoms with Gasteiger partial charge in [-0.2, -0.15) is 0 Å². The molecule has 0 N–H and O–H groups in total. The molecule has 0 amide bonds. The number of hydrogen-bond acceptors (Lipinski definition) is 3. The number of carbonyl (C=O) groups excluding carboxylic acids is 2. The number of ether oxygens (including phenoxy) is 1. The summed E-state index contributed by atoms with van der Waals surface area (Å²) in [5, 5.41) is 0. The molecule has 1 heterocycles. The van der Waals surface area contributed by atoms with Crippen molar-refractivity contribution in [2.24, 2.45) is 0 Å². The van der Waals surface area contributed by atoms with E-state index in [-0.39, 0.29) is 12.2 Å². The van der Waals surface area contributed by atoms with Gasteiger partial charge in [0.1, 0.15) is 12.5 Å². The monoisotopic (exact) mass is 98.0 g/mol. The lowest BCUT2D eigenvalue weighted by Crippen LogP contribution is -2.24. The van der Waals surface area contributed by atoms with Crippen LogP contribution in [-0.4, -0.2) is 18.5 Å². The summed E-state index contributed by atoms with van der Waals surface area (Å²) in [6.07, 6.45) is 0. The average molecular weight is 98.1 g/mol. The first-order chi connectivity index (χ1) is 3.34. The summed E-state index contributed by atoms with van der Waals surface area (Å²) in [7, 11) is 0. The van der Waals surface area contributed by atoms with Gasteiger partial charge in [-0.1, -0.05) is 0 Å². The highest BCUT2D eigenvalue weighted by molar-refractivity contribution is 6.01. The Morgan fingerprint density at radius 1 is 1.71 bits per heavy atom. The van der Waals surface area contributed by atoms with Crippen LogP contribution in [0.4, 0.5) is 0 Å². The second kappa shape index (κ2) is 1.21. The number of hydrogen-bond donors (Lipinski definition) is 0. The van der Waals surface area contributed by atoms with E-state index in [4.69, 9.17) is 0 Å². The van der Waals surface area contributed by atoms with Crippen LogP contribution in [0.15, 0.2) is 5.57 Å². The molecule has 36 valence electrons. The van der Waals surface area contributed by atoms with Gasteiger partial charge in [-0.15, -0.1) is 0 Å². The largest absolute Gasteiger partial charge is 0.456 e. The van der Waals surface area contributed by atoms with Crippen molar-refractivity contribution in [3.63, 3.8) is 0 Å². The maximum atomic E-state index is 9.94. The number of rotatable bonds is 0. The van der Waals surface area contributed by atoms with Crippen LogP contribution in [0.25, 0.3) is 0 Å². The van der Waals surface area contributed by atoms with Crippen LogP contribution in [0.3, 0.4) is 0 Å². The van der Waals surface area contributed by atoms with Crippen LogP contribution in [0.2, 0.25) is 0 Å². The molecule has 0 radical (unpaired) electrons. The van der Waals surface area contributed by atoms with E-state index < -0.39 is 5.97 Å². The van der Waals surface area contributed by atoms with Gasteiger partial charge in [0.05, 0.1) is 0 Å². The minimum absolute atomic E-state index is 0.111. The van der Waals surface area contributed by atoms with Gasteiger partial charge in [-0.05, 0) is 0 Å². The third-order valence-corrected chi connectivity index (χ3v) is 0.717. The van der Waals surface area contributed by atoms with Crippen molar-refractivity contribution in [2.45, 2.75) is 0 Å². The Morgan fingerprint density at radius 3 is 2.43 bits per heavy atom. The number of carbonyl (C=O) groups is 1. The summed E-state index contributed by atoms with van der Waals surface area (Å²) < 4.78 is 4.20. The molecule has 0 spiro atoms. The summed E-state index contributed by atoms with van der Waals surface area (Å²) in [6.45, 7) is 0.141. The van der Waals surface area contributed by atoms with Crippen LogP contribution in [0.5, 0.6) is 0 Å².